The fraction of sp³-hybridized carbons (Fsp3) is 0.360. The van der Waals surface area contributed by atoms with Crippen molar-refractivity contribution >= 4 is 21.7 Å². The third-order valence-corrected chi connectivity index (χ3v) is 8.44. The Balaban J connectivity index is 1.42. The molecule has 5 rings (SSSR count). The lowest BCUT2D eigenvalue weighted by atomic mass is 9.88. The Labute approximate surface area is 199 Å². The topological polar surface area (TPSA) is 93.5 Å². The van der Waals surface area contributed by atoms with E-state index in [4.69, 9.17) is 4.74 Å². The first-order valence-electron chi connectivity index (χ1n) is 11.6. The molecule has 0 radical (unpaired) electrons. The third kappa shape index (κ3) is 4.26. The van der Waals surface area contributed by atoms with Crippen LogP contribution in [0.3, 0.4) is 0 Å². The van der Waals surface area contributed by atoms with Gasteiger partial charge in [-0.25, -0.2) is 13.1 Å². The van der Waals surface area contributed by atoms with Gasteiger partial charge in [-0.05, 0) is 55.5 Å². The van der Waals surface area contributed by atoms with Gasteiger partial charge in [0.2, 0.25) is 10.0 Å². The number of aromatic nitrogens is 2. The van der Waals surface area contributed by atoms with Crippen LogP contribution < -0.4 is 5.32 Å². The van der Waals surface area contributed by atoms with Crippen molar-refractivity contribution in [1.82, 2.24) is 14.1 Å². The standard InChI is InChI=1S/C25H28N4O4S/c1-18-17-26-29(23-11-5-7-19-6-2-3-10-22(19)23)24(18)27-25(30)20-8-4-9-21(16-20)34(31,32)28-12-14-33-15-13-28/h2-4,6,8-10,16-17,23H,5,7,11-15H2,1H3,(H,27,30)/t23-/m1/s1. The third-order valence-electron chi connectivity index (χ3n) is 6.55. The van der Waals surface area contributed by atoms with Crippen molar-refractivity contribution in [1.29, 1.82) is 0 Å². The summed E-state index contributed by atoms with van der Waals surface area (Å²) >= 11 is 0. The molecule has 0 bridgehead atoms. The number of carbonyl (C=O) groups excluding carboxylic acids is 1. The number of benzene rings is 2. The van der Waals surface area contributed by atoms with E-state index in [-0.39, 0.29) is 22.4 Å². The number of hydrogen-bond donors (Lipinski definition) is 1. The smallest absolute Gasteiger partial charge is 0.256 e. The minimum absolute atomic E-state index is 0.0435. The second-order valence-electron chi connectivity index (χ2n) is 8.73. The van der Waals surface area contributed by atoms with Crippen LogP contribution in [-0.2, 0) is 21.2 Å². The Morgan fingerprint density at radius 1 is 1.12 bits per heavy atom. The highest BCUT2D eigenvalue weighted by molar-refractivity contribution is 7.89. The van der Waals surface area contributed by atoms with Gasteiger partial charge in [-0.2, -0.15) is 9.40 Å². The summed E-state index contributed by atoms with van der Waals surface area (Å²) in [6.07, 6.45) is 4.79. The van der Waals surface area contributed by atoms with Gasteiger partial charge in [-0.15, -0.1) is 0 Å². The molecule has 1 atom stereocenters. The molecule has 1 aliphatic heterocycles. The highest BCUT2D eigenvalue weighted by Gasteiger charge is 2.28. The maximum absolute atomic E-state index is 13.2. The van der Waals surface area contributed by atoms with Gasteiger partial charge in [-0.3, -0.25) is 4.79 Å². The van der Waals surface area contributed by atoms with Crippen LogP contribution in [0.15, 0.2) is 59.6 Å². The molecule has 2 aliphatic rings. The summed E-state index contributed by atoms with van der Waals surface area (Å²) in [6.45, 7) is 3.26. The maximum atomic E-state index is 13.2. The number of fused-ring (bicyclic) bond motifs is 1. The van der Waals surface area contributed by atoms with Gasteiger partial charge < -0.3 is 10.1 Å². The molecule has 0 unspecified atom stereocenters. The molecule has 1 saturated heterocycles. The number of ether oxygens (including phenoxy) is 1. The van der Waals surface area contributed by atoms with Crippen LogP contribution in [0.1, 0.15) is 45.9 Å². The Hall–Kier alpha value is -3.01. The average molecular weight is 481 g/mol. The molecule has 1 amide bonds. The number of nitrogens with zero attached hydrogens (tertiary/aromatic N) is 3. The van der Waals surface area contributed by atoms with E-state index in [0.29, 0.717) is 32.1 Å². The lowest BCUT2D eigenvalue weighted by molar-refractivity contribution is 0.0730. The number of anilines is 1. The summed E-state index contributed by atoms with van der Waals surface area (Å²) < 4.78 is 34.6. The van der Waals surface area contributed by atoms with E-state index in [2.05, 4.69) is 28.6 Å². The number of hydrogen-bond acceptors (Lipinski definition) is 5. The van der Waals surface area contributed by atoms with Gasteiger partial charge in [0.15, 0.2) is 0 Å². The summed E-state index contributed by atoms with van der Waals surface area (Å²) in [5.41, 5.74) is 3.68. The highest BCUT2D eigenvalue weighted by atomic mass is 32.2. The zero-order valence-corrected chi connectivity index (χ0v) is 19.9. The predicted octanol–water partition coefficient (Wildman–Crippen LogP) is 3.39. The first-order valence-corrected chi connectivity index (χ1v) is 13.0. The van der Waals surface area contributed by atoms with Gasteiger partial charge in [0, 0.05) is 24.2 Å². The summed E-state index contributed by atoms with van der Waals surface area (Å²) in [6, 6.07) is 14.6. The number of aryl methyl sites for hydroxylation is 2. The van der Waals surface area contributed by atoms with Gasteiger partial charge >= 0.3 is 0 Å². The zero-order chi connectivity index (χ0) is 23.7. The second kappa shape index (κ2) is 9.32. The minimum atomic E-state index is -3.69. The molecule has 3 aromatic rings. The van der Waals surface area contributed by atoms with Gasteiger partial charge in [-0.1, -0.05) is 30.3 Å². The van der Waals surface area contributed by atoms with E-state index in [1.54, 1.807) is 18.3 Å². The molecule has 9 heteroatoms. The average Bonchev–Trinajstić information content (AvgIpc) is 3.23. The molecule has 1 aliphatic carbocycles. The lowest BCUT2D eigenvalue weighted by Crippen LogP contribution is -2.40. The number of rotatable bonds is 5. The molecule has 178 valence electrons. The van der Waals surface area contributed by atoms with Crippen LogP contribution in [0.4, 0.5) is 5.82 Å². The number of amides is 1. The number of sulfonamides is 1. The molecular weight excluding hydrogens is 452 g/mol. The minimum Gasteiger partial charge on any atom is -0.379 e. The summed E-state index contributed by atoms with van der Waals surface area (Å²) in [7, 11) is -3.69. The highest BCUT2D eigenvalue weighted by Crippen LogP contribution is 2.35. The van der Waals surface area contributed by atoms with Crippen LogP contribution in [-0.4, -0.2) is 54.7 Å². The van der Waals surface area contributed by atoms with Crippen LogP contribution in [0, 0.1) is 6.92 Å². The van der Waals surface area contributed by atoms with Crippen molar-refractivity contribution in [2.24, 2.45) is 0 Å². The Morgan fingerprint density at radius 2 is 1.91 bits per heavy atom. The van der Waals surface area contributed by atoms with E-state index in [0.717, 1.165) is 24.8 Å². The maximum Gasteiger partial charge on any atom is 0.256 e. The van der Waals surface area contributed by atoms with E-state index < -0.39 is 10.0 Å². The number of carbonyl (C=O) groups is 1. The van der Waals surface area contributed by atoms with Crippen LogP contribution >= 0.6 is 0 Å². The largest absolute Gasteiger partial charge is 0.379 e. The van der Waals surface area contributed by atoms with Crippen molar-refractivity contribution in [3.8, 4) is 0 Å². The second-order valence-corrected chi connectivity index (χ2v) is 10.7. The normalized spacial score (nSPS) is 18.9. The molecule has 0 spiro atoms. The first kappa shape index (κ1) is 22.8. The fourth-order valence-corrected chi connectivity index (χ4v) is 6.19. The van der Waals surface area contributed by atoms with Gasteiger partial charge in [0.1, 0.15) is 5.82 Å². The van der Waals surface area contributed by atoms with Gasteiger partial charge in [0.05, 0.1) is 30.3 Å². The Bertz CT molecular complexity index is 1310. The van der Waals surface area contributed by atoms with E-state index >= 15 is 0 Å². The van der Waals surface area contributed by atoms with E-state index in [1.807, 2.05) is 17.7 Å². The monoisotopic (exact) mass is 480 g/mol. The van der Waals surface area contributed by atoms with Crippen molar-refractivity contribution in [2.75, 3.05) is 31.6 Å². The fourth-order valence-electron chi connectivity index (χ4n) is 4.74. The molecule has 2 heterocycles. The van der Waals surface area contributed by atoms with Crippen molar-refractivity contribution in [2.45, 2.75) is 37.1 Å². The molecular formula is C25H28N4O4S. The van der Waals surface area contributed by atoms with Crippen molar-refractivity contribution in [3.05, 3.63) is 77.0 Å². The molecule has 2 aromatic carbocycles. The molecule has 1 fully saturated rings. The number of nitrogens with one attached hydrogen (secondary N) is 1. The lowest BCUT2D eigenvalue weighted by Gasteiger charge is -2.27. The quantitative estimate of drug-likeness (QED) is 0.604. The molecule has 0 saturated carbocycles. The number of morpholine rings is 1. The Morgan fingerprint density at radius 3 is 2.74 bits per heavy atom. The molecule has 34 heavy (non-hydrogen) atoms. The van der Waals surface area contributed by atoms with E-state index in [9.17, 15) is 13.2 Å². The Kier molecular flexibility index (Phi) is 6.24. The molecule has 1 aromatic heterocycles. The van der Waals surface area contributed by atoms with Crippen LogP contribution in [0.5, 0.6) is 0 Å². The summed E-state index contributed by atoms with van der Waals surface area (Å²) in [4.78, 5) is 13.3. The SMILES string of the molecule is Cc1cnn([C@@H]2CCCc3ccccc32)c1NC(=O)c1cccc(S(=O)(=O)N2CCOCC2)c1. The van der Waals surface area contributed by atoms with E-state index in [1.165, 1.54) is 27.6 Å². The van der Waals surface area contributed by atoms with Crippen molar-refractivity contribution < 1.29 is 17.9 Å². The molecule has 1 N–H and O–H groups in total. The predicted molar refractivity (Wildman–Crippen MR) is 128 cm³/mol. The van der Waals surface area contributed by atoms with Crippen LogP contribution in [0.25, 0.3) is 0 Å². The molecule has 8 nitrogen and oxygen atoms in total. The summed E-state index contributed by atoms with van der Waals surface area (Å²) in [5, 5.41) is 7.59. The van der Waals surface area contributed by atoms with Gasteiger partial charge in [0.25, 0.3) is 5.91 Å². The zero-order valence-electron chi connectivity index (χ0n) is 19.1. The van der Waals surface area contributed by atoms with Crippen molar-refractivity contribution in [3.63, 3.8) is 0 Å². The van der Waals surface area contributed by atoms with Crippen LogP contribution in [0.2, 0.25) is 0 Å². The summed E-state index contributed by atoms with van der Waals surface area (Å²) in [5.74, 6) is 0.265. The first-order chi connectivity index (χ1) is 16.4.